The monoisotopic (exact) mass is 504 g/mol. The standard InChI is InChI=1S/C27H32N6O2S/c1-5-19-8-7-9-22(16-19)31-24-23-25(30-18-29-24)33-26(36-23)32-21-12-10-20(11-13-21)17-28-14-15-35-27(3,4)34-6-2/h1,7-13,16,18,23,25,28H,6,14-15,17H2,2-4H3,(H,32,33)(H,29,30,31). The fourth-order valence-corrected chi connectivity index (χ4v) is 4.84. The number of terminal acetylenes is 1. The minimum absolute atomic E-state index is 0.0228. The predicted octanol–water partition coefficient (Wildman–Crippen LogP) is 4.31. The summed E-state index contributed by atoms with van der Waals surface area (Å²) in [5.41, 5.74) is 3.88. The Morgan fingerprint density at radius 1 is 1.08 bits per heavy atom. The van der Waals surface area contributed by atoms with Gasteiger partial charge in [0, 0.05) is 36.6 Å². The molecule has 36 heavy (non-hydrogen) atoms. The van der Waals surface area contributed by atoms with E-state index in [4.69, 9.17) is 20.9 Å². The van der Waals surface area contributed by atoms with Crippen LogP contribution in [0.3, 0.4) is 0 Å². The molecule has 0 radical (unpaired) electrons. The van der Waals surface area contributed by atoms with Gasteiger partial charge in [0.2, 0.25) is 0 Å². The first kappa shape index (κ1) is 25.9. The summed E-state index contributed by atoms with van der Waals surface area (Å²) in [5, 5.41) is 11.0. The Kier molecular flexibility index (Phi) is 8.78. The van der Waals surface area contributed by atoms with E-state index in [0.29, 0.717) is 13.2 Å². The zero-order chi connectivity index (χ0) is 25.4. The molecular formula is C27H32N6O2S. The van der Waals surface area contributed by atoms with Crippen molar-refractivity contribution in [3.8, 4) is 12.3 Å². The van der Waals surface area contributed by atoms with Crippen molar-refractivity contribution >= 4 is 40.5 Å². The average Bonchev–Trinajstić information content (AvgIpc) is 3.28. The van der Waals surface area contributed by atoms with Crippen molar-refractivity contribution in [2.24, 2.45) is 15.0 Å². The Hall–Kier alpha value is -3.16. The van der Waals surface area contributed by atoms with E-state index >= 15 is 0 Å². The van der Waals surface area contributed by atoms with Crippen molar-refractivity contribution in [2.75, 3.05) is 30.4 Å². The second-order valence-electron chi connectivity index (χ2n) is 8.70. The van der Waals surface area contributed by atoms with Crippen molar-refractivity contribution in [3.63, 3.8) is 0 Å². The third kappa shape index (κ3) is 7.18. The normalized spacial score (nSPS) is 18.7. The van der Waals surface area contributed by atoms with E-state index < -0.39 is 5.79 Å². The SMILES string of the molecule is C#Cc1cccc(NC2=NC=NC3N=C(Nc4ccc(CNCCOC(C)(C)OCC)cc4)SC23)c1. The van der Waals surface area contributed by atoms with Crippen molar-refractivity contribution < 1.29 is 9.47 Å². The largest absolute Gasteiger partial charge is 0.351 e. The third-order valence-corrected chi connectivity index (χ3v) is 6.65. The zero-order valence-electron chi connectivity index (χ0n) is 20.8. The summed E-state index contributed by atoms with van der Waals surface area (Å²) < 4.78 is 11.3. The average molecular weight is 505 g/mol. The van der Waals surface area contributed by atoms with E-state index in [-0.39, 0.29) is 11.4 Å². The van der Waals surface area contributed by atoms with E-state index in [1.165, 1.54) is 5.56 Å². The number of ether oxygens (including phenoxy) is 2. The van der Waals surface area contributed by atoms with E-state index in [1.54, 1.807) is 18.1 Å². The number of aliphatic imine (C=N–C) groups is 3. The maximum Gasteiger partial charge on any atom is 0.164 e. The van der Waals surface area contributed by atoms with Gasteiger partial charge in [0.25, 0.3) is 0 Å². The highest BCUT2D eigenvalue weighted by molar-refractivity contribution is 8.15. The smallest absolute Gasteiger partial charge is 0.164 e. The van der Waals surface area contributed by atoms with Crippen LogP contribution in [0.15, 0.2) is 63.5 Å². The fourth-order valence-electron chi connectivity index (χ4n) is 3.77. The van der Waals surface area contributed by atoms with Crippen LogP contribution in [0.1, 0.15) is 31.9 Å². The van der Waals surface area contributed by atoms with E-state index in [9.17, 15) is 0 Å². The molecule has 188 valence electrons. The second kappa shape index (κ2) is 12.2. The summed E-state index contributed by atoms with van der Waals surface area (Å²) in [6, 6.07) is 16.0. The van der Waals surface area contributed by atoms with Gasteiger partial charge in [0.1, 0.15) is 17.4 Å². The number of hydrogen-bond donors (Lipinski definition) is 3. The molecule has 8 nitrogen and oxygen atoms in total. The number of rotatable bonds is 10. The number of benzene rings is 2. The highest BCUT2D eigenvalue weighted by Gasteiger charge is 2.36. The van der Waals surface area contributed by atoms with Gasteiger partial charge < -0.3 is 25.4 Å². The Morgan fingerprint density at radius 3 is 2.69 bits per heavy atom. The van der Waals surface area contributed by atoms with Crippen molar-refractivity contribution in [3.05, 3.63) is 59.7 Å². The summed E-state index contributed by atoms with van der Waals surface area (Å²) in [4.78, 5) is 13.6. The molecule has 3 N–H and O–H groups in total. The van der Waals surface area contributed by atoms with E-state index in [0.717, 1.165) is 41.0 Å². The van der Waals surface area contributed by atoms with Crippen LogP contribution in [-0.2, 0) is 16.0 Å². The molecule has 4 rings (SSSR count). The minimum Gasteiger partial charge on any atom is -0.351 e. The van der Waals surface area contributed by atoms with Crippen molar-refractivity contribution in [1.82, 2.24) is 5.32 Å². The van der Waals surface area contributed by atoms with E-state index in [1.807, 2.05) is 45.0 Å². The molecule has 0 aliphatic carbocycles. The van der Waals surface area contributed by atoms with Crippen LogP contribution in [0.4, 0.5) is 11.4 Å². The third-order valence-electron chi connectivity index (χ3n) is 5.50. The quantitative estimate of drug-likeness (QED) is 0.254. The van der Waals surface area contributed by atoms with Crippen molar-refractivity contribution in [2.45, 2.75) is 44.5 Å². The predicted molar refractivity (Wildman–Crippen MR) is 150 cm³/mol. The molecule has 2 aliphatic heterocycles. The molecule has 2 unspecified atom stereocenters. The molecular weight excluding hydrogens is 472 g/mol. The molecule has 0 bridgehead atoms. The Labute approximate surface area is 217 Å². The molecule has 0 aromatic heterocycles. The maximum atomic E-state index is 5.75. The maximum absolute atomic E-state index is 5.75. The lowest BCUT2D eigenvalue weighted by Crippen LogP contribution is -2.34. The van der Waals surface area contributed by atoms with E-state index in [2.05, 4.69) is 56.1 Å². The van der Waals surface area contributed by atoms with Crippen LogP contribution in [0.25, 0.3) is 0 Å². The van der Waals surface area contributed by atoms with Crippen LogP contribution in [0.2, 0.25) is 0 Å². The van der Waals surface area contributed by atoms with Crippen LogP contribution >= 0.6 is 11.8 Å². The minimum atomic E-state index is -0.552. The van der Waals surface area contributed by atoms with Crippen molar-refractivity contribution in [1.29, 1.82) is 0 Å². The number of amidine groups is 2. The molecule has 0 fully saturated rings. The first-order valence-corrected chi connectivity index (χ1v) is 12.9. The molecule has 0 saturated carbocycles. The zero-order valence-corrected chi connectivity index (χ0v) is 21.6. The summed E-state index contributed by atoms with van der Waals surface area (Å²) in [5.74, 6) is 2.91. The molecule has 2 heterocycles. The highest BCUT2D eigenvalue weighted by atomic mass is 32.2. The van der Waals surface area contributed by atoms with Gasteiger partial charge in [-0.25, -0.2) is 15.0 Å². The topological polar surface area (TPSA) is 91.6 Å². The van der Waals surface area contributed by atoms with Gasteiger partial charge in [-0.2, -0.15) is 0 Å². The van der Waals surface area contributed by atoms with Gasteiger partial charge in [0.15, 0.2) is 17.1 Å². The van der Waals surface area contributed by atoms with Gasteiger partial charge in [-0.15, -0.1) is 6.42 Å². The second-order valence-corrected chi connectivity index (χ2v) is 9.83. The summed E-state index contributed by atoms with van der Waals surface area (Å²) in [6.45, 7) is 8.56. The van der Waals surface area contributed by atoms with Crippen LogP contribution < -0.4 is 16.0 Å². The fraction of sp³-hybridized carbons (Fsp3) is 0.370. The molecule has 2 atom stereocenters. The lowest BCUT2D eigenvalue weighted by Gasteiger charge is -2.25. The van der Waals surface area contributed by atoms with Crippen LogP contribution in [0, 0.1) is 12.3 Å². The number of nitrogens with one attached hydrogen (secondary N) is 3. The number of fused-ring (bicyclic) bond motifs is 1. The Morgan fingerprint density at radius 2 is 1.92 bits per heavy atom. The number of nitrogens with zero attached hydrogens (tertiary/aromatic N) is 3. The van der Waals surface area contributed by atoms with Gasteiger partial charge in [-0.05, 0) is 56.7 Å². The number of hydrogen-bond acceptors (Lipinski definition) is 9. The summed E-state index contributed by atoms with van der Waals surface area (Å²) in [6.07, 6.45) is 6.87. The molecule has 2 aliphatic rings. The summed E-state index contributed by atoms with van der Waals surface area (Å²) in [7, 11) is 0. The molecule has 2 aromatic carbocycles. The van der Waals surface area contributed by atoms with Gasteiger partial charge in [-0.1, -0.05) is 35.9 Å². The first-order valence-electron chi connectivity index (χ1n) is 12.0. The lowest BCUT2D eigenvalue weighted by atomic mass is 10.2. The van der Waals surface area contributed by atoms with Gasteiger partial charge >= 0.3 is 0 Å². The molecule has 0 amide bonds. The summed E-state index contributed by atoms with van der Waals surface area (Å²) >= 11 is 1.61. The molecule has 0 spiro atoms. The molecule has 9 heteroatoms. The highest BCUT2D eigenvalue weighted by Crippen LogP contribution is 2.32. The molecule has 0 saturated heterocycles. The van der Waals surface area contributed by atoms with Gasteiger partial charge in [-0.3, -0.25) is 0 Å². The van der Waals surface area contributed by atoms with Crippen LogP contribution in [-0.4, -0.2) is 54.3 Å². The number of anilines is 2. The first-order chi connectivity index (χ1) is 17.5. The van der Waals surface area contributed by atoms with Crippen LogP contribution in [0.5, 0.6) is 0 Å². The lowest BCUT2D eigenvalue weighted by molar-refractivity contribution is -0.209. The Bertz CT molecular complexity index is 1170. The van der Waals surface area contributed by atoms with Gasteiger partial charge in [0.05, 0.1) is 6.61 Å². The molecule has 2 aromatic rings. The number of thioether (sulfide) groups is 1. The Balaban J connectivity index is 1.25.